The number of hydrogen-bond donors (Lipinski definition) is 1. The number of nitrogens with one attached hydrogen (secondary N) is 1. The molecule has 0 radical (unpaired) electrons. The minimum Gasteiger partial charge on any atom is -0.381 e. The van der Waals surface area contributed by atoms with Crippen molar-refractivity contribution in [3.63, 3.8) is 0 Å². The highest BCUT2D eigenvalue weighted by molar-refractivity contribution is 5.85. The van der Waals surface area contributed by atoms with Gasteiger partial charge in [0, 0.05) is 32.3 Å². The van der Waals surface area contributed by atoms with Gasteiger partial charge >= 0.3 is 0 Å². The van der Waals surface area contributed by atoms with Gasteiger partial charge in [0.2, 0.25) is 5.91 Å². The van der Waals surface area contributed by atoms with E-state index >= 15 is 0 Å². The molecule has 1 amide bonds. The maximum Gasteiger partial charge on any atom is 0.248 e. The maximum atomic E-state index is 12.0. The van der Waals surface area contributed by atoms with E-state index in [2.05, 4.69) is 5.32 Å². The summed E-state index contributed by atoms with van der Waals surface area (Å²) < 4.78 is 10.9. The van der Waals surface area contributed by atoms with Gasteiger partial charge < -0.3 is 19.7 Å². The summed E-state index contributed by atoms with van der Waals surface area (Å²) in [5, 5.41) is 3.24. The summed E-state index contributed by atoms with van der Waals surface area (Å²) in [4.78, 5) is 14.0. The summed E-state index contributed by atoms with van der Waals surface area (Å²) in [6.45, 7) is 3.41. The molecule has 0 aromatic rings. The molecule has 2 heterocycles. The van der Waals surface area contributed by atoms with E-state index in [-0.39, 0.29) is 31.0 Å². The number of halogens is 1. The number of carbonyl (C=O) groups excluding carboxylic acids is 1. The summed E-state index contributed by atoms with van der Waals surface area (Å²) in [5.74, 6) is 0.126. The third-order valence-electron chi connectivity index (χ3n) is 3.79. The number of hydrogen-bond acceptors (Lipinski definition) is 4. The van der Waals surface area contributed by atoms with Crippen molar-refractivity contribution in [2.24, 2.45) is 0 Å². The van der Waals surface area contributed by atoms with Crippen LogP contribution in [0, 0.1) is 0 Å². The highest BCUT2D eigenvalue weighted by atomic mass is 35.5. The molecule has 1 atom stereocenters. The van der Waals surface area contributed by atoms with Gasteiger partial charge in [0.05, 0.1) is 6.10 Å². The minimum absolute atomic E-state index is 0. The summed E-state index contributed by atoms with van der Waals surface area (Å²) in [6.07, 6.45) is 4.25. The lowest BCUT2D eigenvalue weighted by atomic mass is 10.1. The Morgan fingerprint density at radius 3 is 2.79 bits per heavy atom. The molecule has 6 heteroatoms. The van der Waals surface area contributed by atoms with Crippen LogP contribution in [-0.4, -0.2) is 62.9 Å². The van der Waals surface area contributed by atoms with Crippen molar-refractivity contribution in [1.29, 1.82) is 0 Å². The molecule has 0 saturated carbocycles. The van der Waals surface area contributed by atoms with Crippen molar-refractivity contribution in [3.05, 3.63) is 0 Å². The highest BCUT2D eigenvalue weighted by Crippen LogP contribution is 2.13. The zero-order valence-electron chi connectivity index (χ0n) is 11.6. The molecule has 112 valence electrons. The summed E-state index contributed by atoms with van der Waals surface area (Å²) in [5.41, 5.74) is 0. The van der Waals surface area contributed by atoms with Crippen molar-refractivity contribution >= 4 is 18.3 Å². The van der Waals surface area contributed by atoms with Gasteiger partial charge in [-0.05, 0) is 32.7 Å². The fourth-order valence-electron chi connectivity index (χ4n) is 2.56. The van der Waals surface area contributed by atoms with Crippen LogP contribution in [0.5, 0.6) is 0 Å². The predicted molar refractivity (Wildman–Crippen MR) is 75.7 cm³/mol. The second-order valence-electron chi connectivity index (χ2n) is 5.09. The second kappa shape index (κ2) is 8.74. The van der Waals surface area contributed by atoms with Gasteiger partial charge in [-0.15, -0.1) is 12.4 Å². The highest BCUT2D eigenvalue weighted by Gasteiger charge is 2.23. The largest absolute Gasteiger partial charge is 0.381 e. The summed E-state index contributed by atoms with van der Waals surface area (Å²) >= 11 is 0. The van der Waals surface area contributed by atoms with Crippen molar-refractivity contribution in [2.45, 2.75) is 37.8 Å². The van der Waals surface area contributed by atoms with E-state index in [0.717, 1.165) is 52.0 Å². The van der Waals surface area contributed by atoms with E-state index in [0.29, 0.717) is 6.04 Å². The predicted octanol–water partition coefficient (Wildman–Crippen LogP) is 0.814. The van der Waals surface area contributed by atoms with Crippen molar-refractivity contribution in [3.8, 4) is 0 Å². The zero-order chi connectivity index (χ0) is 12.8. The molecule has 1 unspecified atom stereocenters. The van der Waals surface area contributed by atoms with Crippen LogP contribution in [0.3, 0.4) is 0 Å². The van der Waals surface area contributed by atoms with Crippen LogP contribution in [-0.2, 0) is 14.3 Å². The topological polar surface area (TPSA) is 50.8 Å². The Balaban J connectivity index is 0.00000180. The van der Waals surface area contributed by atoms with E-state index in [1.54, 1.807) is 0 Å². The number of ether oxygens (including phenoxy) is 2. The molecule has 2 rings (SSSR count). The molecule has 2 fully saturated rings. The van der Waals surface area contributed by atoms with Crippen LogP contribution >= 0.6 is 12.4 Å². The van der Waals surface area contributed by atoms with Crippen LogP contribution < -0.4 is 5.32 Å². The number of piperidine rings is 1. The van der Waals surface area contributed by atoms with Gasteiger partial charge in [-0.1, -0.05) is 0 Å². The standard InChI is InChI=1S/C13H24N2O3.ClH/c1-14-11-3-2-6-15(9-11)13(16)10-18-12-4-7-17-8-5-12;/h11-12,14H,2-10H2,1H3;1H. The Hall–Kier alpha value is -0.360. The van der Waals surface area contributed by atoms with Crippen molar-refractivity contribution in [2.75, 3.05) is 40.0 Å². The molecule has 0 bridgehead atoms. The van der Waals surface area contributed by atoms with Gasteiger partial charge in [0.15, 0.2) is 0 Å². The van der Waals surface area contributed by atoms with E-state index in [9.17, 15) is 4.79 Å². The van der Waals surface area contributed by atoms with Crippen LogP contribution in [0.25, 0.3) is 0 Å². The zero-order valence-corrected chi connectivity index (χ0v) is 12.4. The van der Waals surface area contributed by atoms with Crippen molar-refractivity contribution < 1.29 is 14.3 Å². The average Bonchev–Trinajstić information content (AvgIpc) is 2.46. The third kappa shape index (κ3) is 5.26. The molecule has 5 nitrogen and oxygen atoms in total. The Bertz CT molecular complexity index is 273. The molecule has 0 aromatic carbocycles. The molecular formula is C13H25ClN2O3. The fraction of sp³-hybridized carbons (Fsp3) is 0.923. The first kappa shape index (κ1) is 16.7. The lowest BCUT2D eigenvalue weighted by Gasteiger charge is -2.33. The van der Waals surface area contributed by atoms with E-state index < -0.39 is 0 Å². The lowest BCUT2D eigenvalue weighted by Crippen LogP contribution is -2.48. The van der Waals surface area contributed by atoms with Gasteiger partial charge in [0.1, 0.15) is 6.61 Å². The Labute approximate surface area is 121 Å². The summed E-state index contributed by atoms with van der Waals surface area (Å²) in [6, 6.07) is 0.436. The first-order chi connectivity index (χ1) is 8.79. The molecule has 2 saturated heterocycles. The van der Waals surface area contributed by atoms with Gasteiger partial charge in [0.25, 0.3) is 0 Å². The first-order valence-corrected chi connectivity index (χ1v) is 6.94. The molecule has 19 heavy (non-hydrogen) atoms. The summed E-state index contributed by atoms with van der Waals surface area (Å²) in [7, 11) is 1.96. The number of likely N-dealkylation sites (tertiary alicyclic amines) is 1. The molecule has 2 aliphatic heterocycles. The van der Waals surface area contributed by atoms with E-state index in [1.165, 1.54) is 0 Å². The number of rotatable bonds is 4. The minimum atomic E-state index is 0. The number of nitrogens with zero attached hydrogens (tertiary/aromatic N) is 1. The molecular weight excluding hydrogens is 268 g/mol. The SMILES string of the molecule is CNC1CCCN(C(=O)COC2CCOCC2)C1.Cl. The maximum absolute atomic E-state index is 12.0. The van der Waals surface area contributed by atoms with Crippen LogP contribution in [0.1, 0.15) is 25.7 Å². The van der Waals surface area contributed by atoms with E-state index in [4.69, 9.17) is 9.47 Å². The Morgan fingerprint density at radius 2 is 2.11 bits per heavy atom. The van der Waals surface area contributed by atoms with Crippen LogP contribution in [0.2, 0.25) is 0 Å². The Morgan fingerprint density at radius 1 is 1.37 bits per heavy atom. The smallest absolute Gasteiger partial charge is 0.248 e. The number of amides is 1. The molecule has 1 N–H and O–H groups in total. The molecule has 0 aliphatic carbocycles. The van der Waals surface area contributed by atoms with Crippen LogP contribution in [0.15, 0.2) is 0 Å². The van der Waals surface area contributed by atoms with Crippen molar-refractivity contribution in [1.82, 2.24) is 10.2 Å². The van der Waals surface area contributed by atoms with Gasteiger partial charge in [-0.2, -0.15) is 0 Å². The fourth-order valence-corrected chi connectivity index (χ4v) is 2.56. The second-order valence-corrected chi connectivity index (χ2v) is 5.09. The average molecular weight is 293 g/mol. The number of carbonyl (C=O) groups is 1. The normalized spacial score (nSPS) is 24.9. The monoisotopic (exact) mass is 292 g/mol. The van der Waals surface area contributed by atoms with E-state index in [1.807, 2.05) is 11.9 Å². The molecule has 2 aliphatic rings. The van der Waals surface area contributed by atoms with Crippen LogP contribution in [0.4, 0.5) is 0 Å². The molecule has 0 aromatic heterocycles. The molecule has 0 spiro atoms. The quantitative estimate of drug-likeness (QED) is 0.833. The Kier molecular flexibility index (Phi) is 7.68. The van der Waals surface area contributed by atoms with Gasteiger partial charge in [-0.3, -0.25) is 4.79 Å². The third-order valence-corrected chi connectivity index (χ3v) is 3.79. The lowest BCUT2D eigenvalue weighted by molar-refractivity contribution is -0.141. The van der Waals surface area contributed by atoms with Gasteiger partial charge in [-0.25, -0.2) is 0 Å². The first-order valence-electron chi connectivity index (χ1n) is 6.94. The number of likely N-dealkylation sites (N-methyl/N-ethyl adjacent to an activating group) is 1.